The Balaban J connectivity index is 2.75. The SMILES string of the molecule is CC(NC(=O)C(C(C)C)C(C)C)c1cccc(Br)c1. The molecule has 1 amide bonds. The van der Waals surface area contributed by atoms with E-state index in [-0.39, 0.29) is 17.9 Å². The molecule has 0 fully saturated rings. The maximum Gasteiger partial charge on any atom is 0.224 e. The lowest BCUT2D eigenvalue weighted by Gasteiger charge is -2.26. The van der Waals surface area contributed by atoms with Gasteiger partial charge in [-0.3, -0.25) is 4.79 Å². The van der Waals surface area contributed by atoms with Crippen LogP contribution in [-0.2, 0) is 4.79 Å². The molecule has 1 unspecified atom stereocenters. The number of halogens is 1. The second-order valence-corrected chi connectivity index (χ2v) is 6.71. The third-order valence-electron chi connectivity index (χ3n) is 3.45. The maximum absolute atomic E-state index is 12.4. The van der Waals surface area contributed by atoms with E-state index in [4.69, 9.17) is 0 Å². The molecule has 0 aliphatic carbocycles. The normalized spacial score (nSPS) is 13.1. The fourth-order valence-electron chi connectivity index (χ4n) is 2.54. The van der Waals surface area contributed by atoms with Crippen LogP contribution in [0.4, 0.5) is 0 Å². The molecule has 2 nitrogen and oxygen atoms in total. The monoisotopic (exact) mass is 325 g/mol. The summed E-state index contributed by atoms with van der Waals surface area (Å²) in [6.07, 6.45) is 0. The van der Waals surface area contributed by atoms with Crippen LogP contribution < -0.4 is 5.32 Å². The zero-order chi connectivity index (χ0) is 14.6. The van der Waals surface area contributed by atoms with Crippen molar-refractivity contribution in [2.45, 2.75) is 40.7 Å². The van der Waals surface area contributed by atoms with E-state index in [9.17, 15) is 4.79 Å². The summed E-state index contributed by atoms with van der Waals surface area (Å²) in [5.41, 5.74) is 1.12. The van der Waals surface area contributed by atoms with Gasteiger partial charge in [0.05, 0.1) is 6.04 Å². The summed E-state index contributed by atoms with van der Waals surface area (Å²) in [7, 11) is 0. The van der Waals surface area contributed by atoms with Crippen LogP contribution in [0.1, 0.15) is 46.2 Å². The number of carbonyl (C=O) groups is 1. The third-order valence-corrected chi connectivity index (χ3v) is 3.94. The van der Waals surface area contributed by atoms with Crippen molar-refractivity contribution in [2.75, 3.05) is 0 Å². The Kier molecular flexibility index (Phi) is 6.05. The molecule has 0 radical (unpaired) electrons. The average molecular weight is 326 g/mol. The molecule has 1 N–H and O–H groups in total. The Labute approximate surface area is 125 Å². The van der Waals surface area contributed by atoms with Crippen LogP contribution >= 0.6 is 15.9 Å². The summed E-state index contributed by atoms with van der Waals surface area (Å²) in [4.78, 5) is 12.4. The van der Waals surface area contributed by atoms with Gasteiger partial charge in [-0.25, -0.2) is 0 Å². The molecule has 1 aromatic rings. The third kappa shape index (κ3) is 4.64. The predicted octanol–water partition coefficient (Wildman–Crippen LogP) is 4.55. The molecule has 1 atom stereocenters. The van der Waals surface area contributed by atoms with Gasteiger partial charge in [0, 0.05) is 10.4 Å². The summed E-state index contributed by atoms with van der Waals surface area (Å²) >= 11 is 3.46. The van der Waals surface area contributed by atoms with Gasteiger partial charge < -0.3 is 5.32 Å². The number of hydrogen-bond acceptors (Lipinski definition) is 1. The van der Waals surface area contributed by atoms with Crippen molar-refractivity contribution in [3.8, 4) is 0 Å². The molecule has 0 saturated carbocycles. The fraction of sp³-hybridized carbons (Fsp3) is 0.562. The van der Waals surface area contributed by atoms with Gasteiger partial charge in [0.25, 0.3) is 0 Å². The van der Waals surface area contributed by atoms with Gasteiger partial charge in [0.15, 0.2) is 0 Å². The fourth-order valence-corrected chi connectivity index (χ4v) is 2.96. The first-order valence-corrected chi connectivity index (χ1v) is 7.68. The van der Waals surface area contributed by atoms with Crippen molar-refractivity contribution in [1.29, 1.82) is 0 Å². The maximum atomic E-state index is 12.4. The van der Waals surface area contributed by atoms with Gasteiger partial charge in [0.2, 0.25) is 5.91 Å². The summed E-state index contributed by atoms with van der Waals surface area (Å²) in [5, 5.41) is 3.13. The first-order chi connectivity index (χ1) is 8.82. The number of rotatable bonds is 5. The molecule has 3 heteroatoms. The van der Waals surface area contributed by atoms with E-state index in [2.05, 4.69) is 48.9 Å². The van der Waals surface area contributed by atoms with E-state index >= 15 is 0 Å². The van der Waals surface area contributed by atoms with Gasteiger partial charge in [0.1, 0.15) is 0 Å². The molecular formula is C16H24BrNO. The molecule has 0 heterocycles. The van der Waals surface area contributed by atoms with Crippen molar-refractivity contribution < 1.29 is 4.79 Å². The number of hydrogen-bond donors (Lipinski definition) is 1. The lowest BCUT2D eigenvalue weighted by molar-refractivity contribution is -0.128. The lowest BCUT2D eigenvalue weighted by Crippen LogP contribution is -2.37. The summed E-state index contributed by atoms with van der Waals surface area (Å²) in [5.74, 6) is 0.927. The van der Waals surface area contributed by atoms with Crippen molar-refractivity contribution in [3.05, 3.63) is 34.3 Å². The van der Waals surface area contributed by atoms with Gasteiger partial charge in [-0.05, 0) is 36.5 Å². The van der Waals surface area contributed by atoms with Crippen molar-refractivity contribution >= 4 is 21.8 Å². The molecule has 106 valence electrons. The predicted molar refractivity (Wildman–Crippen MR) is 83.9 cm³/mol. The quantitative estimate of drug-likeness (QED) is 0.845. The highest BCUT2D eigenvalue weighted by molar-refractivity contribution is 9.10. The molecule has 0 aliphatic heterocycles. The van der Waals surface area contributed by atoms with Gasteiger partial charge in [-0.2, -0.15) is 0 Å². The Bertz CT molecular complexity index is 421. The Morgan fingerprint density at radius 2 is 1.68 bits per heavy atom. The summed E-state index contributed by atoms with van der Waals surface area (Å²) in [6, 6.07) is 8.10. The highest BCUT2D eigenvalue weighted by Crippen LogP contribution is 2.23. The van der Waals surface area contributed by atoms with E-state index < -0.39 is 0 Å². The van der Waals surface area contributed by atoms with Crippen molar-refractivity contribution in [2.24, 2.45) is 17.8 Å². The van der Waals surface area contributed by atoms with Crippen LogP contribution in [0.3, 0.4) is 0 Å². The van der Waals surface area contributed by atoms with Gasteiger partial charge in [-0.1, -0.05) is 55.8 Å². The second kappa shape index (κ2) is 7.09. The minimum absolute atomic E-state index is 0.0324. The largest absolute Gasteiger partial charge is 0.349 e. The first kappa shape index (κ1) is 16.2. The standard InChI is InChI=1S/C16H24BrNO/c1-10(2)15(11(3)4)16(19)18-12(5)13-7-6-8-14(17)9-13/h6-12,15H,1-5H3,(H,18,19). The second-order valence-electron chi connectivity index (χ2n) is 5.80. The molecule has 0 aliphatic rings. The molecule has 0 bridgehead atoms. The van der Waals surface area contributed by atoms with Crippen LogP contribution in [-0.4, -0.2) is 5.91 Å². The van der Waals surface area contributed by atoms with E-state index in [1.807, 2.05) is 31.2 Å². The van der Waals surface area contributed by atoms with E-state index in [0.29, 0.717) is 11.8 Å². The van der Waals surface area contributed by atoms with E-state index in [1.54, 1.807) is 0 Å². The smallest absolute Gasteiger partial charge is 0.224 e. The molecule has 0 saturated heterocycles. The zero-order valence-corrected chi connectivity index (χ0v) is 14.0. The topological polar surface area (TPSA) is 29.1 Å². The number of amides is 1. The number of benzene rings is 1. The number of nitrogens with one attached hydrogen (secondary N) is 1. The van der Waals surface area contributed by atoms with Crippen molar-refractivity contribution in [1.82, 2.24) is 5.32 Å². The van der Waals surface area contributed by atoms with Crippen LogP contribution in [0, 0.1) is 17.8 Å². The molecule has 1 rings (SSSR count). The molecule has 1 aromatic carbocycles. The van der Waals surface area contributed by atoms with E-state index in [1.165, 1.54) is 0 Å². The Hall–Kier alpha value is -0.830. The van der Waals surface area contributed by atoms with Gasteiger partial charge in [-0.15, -0.1) is 0 Å². The molecule has 19 heavy (non-hydrogen) atoms. The number of carbonyl (C=O) groups excluding carboxylic acids is 1. The van der Waals surface area contributed by atoms with Crippen LogP contribution in [0.5, 0.6) is 0 Å². The Morgan fingerprint density at radius 1 is 1.11 bits per heavy atom. The van der Waals surface area contributed by atoms with E-state index in [0.717, 1.165) is 10.0 Å². The molecular weight excluding hydrogens is 302 g/mol. The van der Waals surface area contributed by atoms with Crippen LogP contribution in [0.25, 0.3) is 0 Å². The highest BCUT2D eigenvalue weighted by atomic mass is 79.9. The molecule has 0 spiro atoms. The molecule has 0 aromatic heterocycles. The minimum atomic E-state index is 0.0324. The van der Waals surface area contributed by atoms with Crippen molar-refractivity contribution in [3.63, 3.8) is 0 Å². The minimum Gasteiger partial charge on any atom is -0.349 e. The summed E-state index contributed by atoms with van der Waals surface area (Å²) < 4.78 is 1.04. The van der Waals surface area contributed by atoms with Crippen LogP contribution in [0.15, 0.2) is 28.7 Å². The van der Waals surface area contributed by atoms with Gasteiger partial charge >= 0.3 is 0 Å². The lowest BCUT2D eigenvalue weighted by atomic mass is 9.84. The van der Waals surface area contributed by atoms with Crippen LogP contribution in [0.2, 0.25) is 0 Å². The Morgan fingerprint density at radius 3 is 2.16 bits per heavy atom. The zero-order valence-electron chi connectivity index (χ0n) is 12.4. The summed E-state index contributed by atoms with van der Waals surface area (Å²) in [6.45, 7) is 10.4. The average Bonchev–Trinajstić information content (AvgIpc) is 2.27. The highest BCUT2D eigenvalue weighted by Gasteiger charge is 2.26. The first-order valence-electron chi connectivity index (χ1n) is 6.88.